The number of hydrogen-bond acceptors (Lipinski definition) is 0. The van der Waals surface area contributed by atoms with Gasteiger partial charge in [0.2, 0.25) is 0 Å². The molecule has 0 aliphatic heterocycles. The van der Waals surface area contributed by atoms with Crippen LogP contribution in [0.1, 0.15) is 263 Å². The first kappa shape index (κ1) is 44.6. The summed E-state index contributed by atoms with van der Waals surface area (Å²) >= 11 is 0. The Kier molecular flexibility index (Phi) is 16.1. The maximum Gasteiger partial charge on any atom is -0.0233 e. The van der Waals surface area contributed by atoms with Crippen LogP contribution in [0.3, 0.4) is 0 Å². The molecule has 22 rings (SSSR count). The highest BCUT2D eigenvalue weighted by Gasteiger charge is 2.42. The van der Waals surface area contributed by atoms with Crippen LogP contribution in [-0.4, -0.2) is 0 Å². The topological polar surface area (TPSA) is 0 Å². The van der Waals surface area contributed by atoms with Gasteiger partial charge in [-0.25, -0.2) is 0 Å². The lowest BCUT2D eigenvalue weighted by atomic mass is 9.56. The third-order valence-electron chi connectivity index (χ3n) is 22.4. The van der Waals surface area contributed by atoms with Gasteiger partial charge >= 0.3 is 0 Å². The number of rotatable bonds is 0. The summed E-state index contributed by atoms with van der Waals surface area (Å²) in [5, 5.41) is 0. The van der Waals surface area contributed by atoms with E-state index in [1.165, 1.54) is 104 Å². The monoisotopic (exact) mass is 835 g/mol. The van der Waals surface area contributed by atoms with Crippen molar-refractivity contribution in [2.45, 2.75) is 263 Å². The van der Waals surface area contributed by atoms with E-state index in [-0.39, 0.29) is 0 Å². The summed E-state index contributed by atoms with van der Waals surface area (Å²) in [6, 6.07) is 0. The molecule has 0 heteroatoms. The summed E-state index contributed by atoms with van der Waals surface area (Å²) < 4.78 is 0. The van der Waals surface area contributed by atoms with Gasteiger partial charge in [0, 0.05) is 0 Å². The van der Waals surface area contributed by atoms with Gasteiger partial charge in [-0.1, -0.05) is 160 Å². The molecular weight excluding hydrogens is 733 g/mol. The number of hydrogen-bond donors (Lipinski definition) is 0. The quantitative estimate of drug-likeness (QED) is 0.213. The normalized spacial score (nSPS) is 48.5. The van der Waals surface area contributed by atoms with Gasteiger partial charge in [0.15, 0.2) is 0 Å². The Balaban J connectivity index is 0.0000000839. The Morgan fingerprint density at radius 3 is 0.475 bits per heavy atom. The third-order valence-corrected chi connectivity index (χ3v) is 22.4. The zero-order valence-corrected chi connectivity index (χ0v) is 40.5. The smallest absolute Gasteiger partial charge is 0.0233 e. The van der Waals surface area contributed by atoms with E-state index in [9.17, 15) is 0 Å². The van der Waals surface area contributed by atoms with E-state index >= 15 is 0 Å². The van der Waals surface area contributed by atoms with Crippen molar-refractivity contribution in [3.63, 3.8) is 0 Å². The van der Waals surface area contributed by atoms with Crippen molar-refractivity contribution < 1.29 is 0 Å². The van der Waals surface area contributed by atoms with Gasteiger partial charge in [-0.2, -0.15) is 0 Å². The predicted octanol–water partition coefficient (Wildman–Crippen LogP) is 18.8. The molecule has 0 nitrogen and oxygen atoms in total. The Bertz CT molecular complexity index is 1080. The molecule has 0 aromatic carbocycles. The zero-order valence-electron chi connectivity index (χ0n) is 40.5. The molecule has 20 saturated carbocycles. The van der Waals surface area contributed by atoms with Gasteiger partial charge in [0.1, 0.15) is 0 Å². The highest BCUT2D eigenvalue weighted by molar-refractivity contribution is 5.02. The molecule has 20 fully saturated rings. The van der Waals surface area contributed by atoms with Crippen LogP contribution in [0.15, 0.2) is 12.2 Å². The van der Waals surface area contributed by atoms with Crippen LogP contribution in [-0.2, 0) is 0 Å². The second-order valence-corrected chi connectivity index (χ2v) is 27.1. The summed E-state index contributed by atoms with van der Waals surface area (Å²) in [5.41, 5.74) is 0. The van der Waals surface area contributed by atoms with Gasteiger partial charge in [-0.3, -0.25) is 0 Å². The molecule has 0 aromatic rings. The molecule has 0 N–H and O–H groups in total. The molecule has 18 bridgehead atoms. The Hall–Kier alpha value is -0.260. The minimum Gasteiger partial charge on any atom is -0.0851 e. The van der Waals surface area contributed by atoms with Gasteiger partial charge in [0.05, 0.1) is 0 Å². The first-order chi connectivity index (χ1) is 30.0. The van der Waals surface area contributed by atoms with Crippen LogP contribution in [0.25, 0.3) is 0 Å². The second kappa shape index (κ2) is 22.0. The van der Waals surface area contributed by atoms with Crippen molar-refractivity contribution in [3.8, 4) is 0 Å². The van der Waals surface area contributed by atoms with Crippen molar-refractivity contribution in [2.75, 3.05) is 0 Å². The molecule has 22 aliphatic carbocycles. The van der Waals surface area contributed by atoms with E-state index in [2.05, 4.69) is 12.2 Å². The molecule has 0 saturated heterocycles. The Morgan fingerprint density at radius 2 is 0.328 bits per heavy atom. The Labute approximate surface area is 380 Å². The van der Waals surface area contributed by atoms with Gasteiger partial charge in [0.25, 0.3) is 0 Å². The standard InChI is InChI=1S/C10H16.C8H14.C8H12.2C8H14.2C7H12.C5H8/c1-7-2-9-4-8(1)5-10(3-7)6-9;2*1-2-8-5-3-7(1)4-6-8;2*1-2-7-4-5-8(3-1)6-7;1-2-7-4-3-6(1)5-7;1-2-6-4-7(3-1)5-6;1-4-2-5(1)3-4/h7-10H,1-6H2;7-8H,1-6H2;1-2,7-8H,3-6H2;2*7-8H,1-6H2;2*6-7H,1-5H2;4-5H,1-3H2. The van der Waals surface area contributed by atoms with Crippen LogP contribution in [0.5, 0.6) is 0 Å². The minimum atomic E-state index is 0.972. The molecule has 0 aromatic heterocycles. The SMILES string of the molecule is C1=CC2CCC1CC2.C1C2CC1C2.C1C2CC3CC1CC(C2)C3.C1CC2CC(C1)C2.C1CC2CCC(C1)C2.C1CC2CCC(C1)C2.C1CC2CCC1C2.C1CC2CCC1CC2. The average Bonchev–Trinajstić information content (AvgIpc) is 4.08. The van der Waals surface area contributed by atoms with Crippen molar-refractivity contribution in [2.24, 2.45) is 107 Å². The summed E-state index contributed by atoms with van der Waals surface area (Å²) in [7, 11) is 0. The van der Waals surface area contributed by atoms with E-state index in [1.54, 1.807) is 218 Å². The highest BCUT2D eigenvalue weighted by Crippen LogP contribution is 2.54. The van der Waals surface area contributed by atoms with Crippen molar-refractivity contribution >= 4 is 0 Å². The molecule has 4 unspecified atom stereocenters. The summed E-state index contributed by atoms with van der Waals surface area (Å²) in [6.45, 7) is 0. The van der Waals surface area contributed by atoms with Gasteiger partial charge in [-0.05, 0) is 222 Å². The maximum absolute atomic E-state index is 2.41. The maximum atomic E-state index is 2.41. The van der Waals surface area contributed by atoms with E-state index in [1.807, 2.05) is 0 Å². The summed E-state index contributed by atoms with van der Waals surface area (Å²) in [5.74, 6) is 20.7. The fourth-order valence-electron chi connectivity index (χ4n) is 18.3. The van der Waals surface area contributed by atoms with Gasteiger partial charge < -0.3 is 0 Å². The summed E-state index contributed by atoms with van der Waals surface area (Å²) in [4.78, 5) is 0. The fraction of sp³-hybridized carbons (Fsp3) is 0.967. The molecule has 346 valence electrons. The molecule has 22 aliphatic rings. The van der Waals surface area contributed by atoms with Crippen molar-refractivity contribution in [3.05, 3.63) is 12.2 Å². The van der Waals surface area contributed by atoms with Crippen LogP contribution in [0.2, 0.25) is 0 Å². The number of fused-ring (bicyclic) bond motifs is 13. The van der Waals surface area contributed by atoms with Crippen LogP contribution in [0, 0.1) is 107 Å². The second-order valence-electron chi connectivity index (χ2n) is 27.1. The largest absolute Gasteiger partial charge is 0.0851 e. The Morgan fingerprint density at radius 1 is 0.148 bits per heavy atom. The van der Waals surface area contributed by atoms with Crippen LogP contribution >= 0.6 is 0 Å². The van der Waals surface area contributed by atoms with Gasteiger partial charge in [-0.15, -0.1) is 0 Å². The molecule has 4 atom stereocenters. The molecular formula is C61H102. The van der Waals surface area contributed by atoms with Crippen molar-refractivity contribution in [1.29, 1.82) is 0 Å². The van der Waals surface area contributed by atoms with Crippen LogP contribution in [0.4, 0.5) is 0 Å². The van der Waals surface area contributed by atoms with Crippen LogP contribution < -0.4 is 0 Å². The van der Waals surface area contributed by atoms with Crippen molar-refractivity contribution in [1.82, 2.24) is 0 Å². The predicted molar refractivity (Wildman–Crippen MR) is 261 cm³/mol. The summed E-state index contributed by atoms with van der Waals surface area (Å²) in [6.07, 6.45) is 68.8. The lowest BCUT2D eigenvalue weighted by molar-refractivity contribution is 0.0197. The lowest BCUT2D eigenvalue weighted by Gasteiger charge is -2.49. The van der Waals surface area contributed by atoms with E-state index in [0.29, 0.717) is 0 Å². The zero-order chi connectivity index (χ0) is 40.8. The minimum absolute atomic E-state index is 0.972. The van der Waals surface area contributed by atoms with E-state index in [0.717, 1.165) is 47.3 Å². The third kappa shape index (κ3) is 13.0. The fourth-order valence-corrected chi connectivity index (χ4v) is 18.3. The van der Waals surface area contributed by atoms with E-state index < -0.39 is 0 Å². The molecule has 0 radical (unpaired) electrons. The lowest BCUT2D eigenvalue weighted by Crippen LogP contribution is -2.38. The highest BCUT2D eigenvalue weighted by atomic mass is 14.5. The molecule has 0 heterocycles. The molecule has 0 spiro atoms. The molecule has 0 amide bonds. The first-order valence-corrected chi connectivity index (χ1v) is 29.7. The average molecular weight is 835 g/mol. The first-order valence-electron chi connectivity index (χ1n) is 29.7. The molecule has 61 heavy (non-hydrogen) atoms. The number of allylic oxidation sites excluding steroid dienone is 2. The van der Waals surface area contributed by atoms with E-state index in [4.69, 9.17) is 0 Å².